The quantitative estimate of drug-likeness (QED) is 0.726. The molecule has 1 amide bonds. The van der Waals surface area contributed by atoms with Crippen LogP contribution < -0.4 is 0 Å². The van der Waals surface area contributed by atoms with Crippen LogP contribution in [0, 0.1) is 6.92 Å². The monoisotopic (exact) mass is 386 g/mol. The number of benzene rings is 2. The number of aryl methyl sites for hydroxylation is 1. The fourth-order valence-electron chi connectivity index (χ4n) is 2.99. The fourth-order valence-corrected chi connectivity index (χ4v) is 3.19. The molecule has 0 spiro atoms. The summed E-state index contributed by atoms with van der Waals surface area (Å²) in [5, 5.41) is 4.86. The largest absolute Gasteiger partial charge is 0.390 e. The summed E-state index contributed by atoms with van der Waals surface area (Å²) in [5.74, 6) is -0.107. The summed E-state index contributed by atoms with van der Waals surface area (Å²) in [7, 11) is 1.51. The summed E-state index contributed by atoms with van der Waals surface area (Å²) in [6.45, 7) is 2.89. The minimum Gasteiger partial charge on any atom is -0.390 e. The first-order chi connectivity index (χ1) is 13.1. The van der Waals surface area contributed by atoms with Crippen molar-refractivity contribution in [3.63, 3.8) is 0 Å². The molecule has 1 aliphatic rings. The van der Waals surface area contributed by atoms with Gasteiger partial charge in [0, 0.05) is 25.1 Å². The average Bonchev–Trinajstić information content (AvgIpc) is 3.12. The van der Waals surface area contributed by atoms with Crippen molar-refractivity contribution in [1.29, 1.82) is 0 Å². The number of methoxy groups -OCH3 is 1. The van der Waals surface area contributed by atoms with E-state index in [1.807, 2.05) is 43.3 Å². The van der Waals surface area contributed by atoms with Gasteiger partial charge in [-0.1, -0.05) is 64.8 Å². The van der Waals surface area contributed by atoms with Gasteiger partial charge in [-0.15, -0.1) is 0 Å². The standard InChI is InChI=1S/C21H23ClN2O3/c1-15-7-9-16(10-8-15)20-11-18(27-23-20)13-24(21(25)14-26-2)12-17-5-3-4-6-19(17)22/h3-10,18H,11-14H2,1-2H3. The number of rotatable bonds is 7. The molecule has 0 saturated carbocycles. The second kappa shape index (κ2) is 9.02. The van der Waals surface area contributed by atoms with Gasteiger partial charge in [0.2, 0.25) is 5.91 Å². The van der Waals surface area contributed by atoms with Gasteiger partial charge in [0.1, 0.15) is 6.61 Å². The molecule has 2 aromatic carbocycles. The molecule has 27 heavy (non-hydrogen) atoms. The van der Waals surface area contributed by atoms with Crippen LogP contribution >= 0.6 is 11.6 Å². The molecule has 142 valence electrons. The first kappa shape index (κ1) is 19.4. The molecule has 0 aromatic heterocycles. The van der Waals surface area contributed by atoms with E-state index in [1.165, 1.54) is 12.7 Å². The Hall–Kier alpha value is -2.37. The van der Waals surface area contributed by atoms with Gasteiger partial charge in [-0.3, -0.25) is 4.79 Å². The van der Waals surface area contributed by atoms with E-state index in [1.54, 1.807) is 4.90 Å². The molecular formula is C21H23ClN2O3. The van der Waals surface area contributed by atoms with E-state index in [0.29, 0.717) is 24.5 Å². The number of carbonyl (C=O) groups is 1. The molecule has 1 unspecified atom stereocenters. The number of carbonyl (C=O) groups excluding carboxylic acids is 1. The second-order valence-corrected chi connectivity index (χ2v) is 7.04. The number of ether oxygens (including phenoxy) is 1. The summed E-state index contributed by atoms with van der Waals surface area (Å²) in [5.41, 5.74) is 4.04. The van der Waals surface area contributed by atoms with Gasteiger partial charge < -0.3 is 14.5 Å². The number of hydrogen-bond donors (Lipinski definition) is 0. The maximum absolute atomic E-state index is 12.5. The van der Waals surface area contributed by atoms with Crippen LogP contribution in [-0.4, -0.2) is 42.9 Å². The molecule has 0 bridgehead atoms. The van der Waals surface area contributed by atoms with Crippen LogP contribution in [0.2, 0.25) is 5.02 Å². The topological polar surface area (TPSA) is 51.1 Å². The van der Waals surface area contributed by atoms with Crippen molar-refractivity contribution in [2.24, 2.45) is 5.16 Å². The van der Waals surface area contributed by atoms with Crippen LogP contribution in [0.15, 0.2) is 53.7 Å². The van der Waals surface area contributed by atoms with E-state index in [0.717, 1.165) is 16.8 Å². The number of amides is 1. The number of nitrogens with zero attached hydrogens (tertiary/aromatic N) is 2. The molecule has 3 rings (SSSR count). The molecule has 6 heteroatoms. The van der Waals surface area contributed by atoms with Gasteiger partial charge in [0.15, 0.2) is 6.10 Å². The van der Waals surface area contributed by atoms with Gasteiger partial charge in [-0.25, -0.2) is 0 Å². The molecule has 0 aliphatic carbocycles. The van der Waals surface area contributed by atoms with Gasteiger partial charge in [0.25, 0.3) is 0 Å². The third-order valence-corrected chi connectivity index (χ3v) is 4.85. The zero-order valence-electron chi connectivity index (χ0n) is 15.5. The number of oxime groups is 1. The van der Waals surface area contributed by atoms with Crippen molar-refractivity contribution in [2.45, 2.75) is 26.0 Å². The Morgan fingerprint density at radius 1 is 1.26 bits per heavy atom. The molecule has 1 heterocycles. The molecule has 1 aliphatic heterocycles. The lowest BCUT2D eigenvalue weighted by Gasteiger charge is -2.25. The van der Waals surface area contributed by atoms with Crippen molar-refractivity contribution < 1.29 is 14.4 Å². The SMILES string of the molecule is COCC(=O)N(Cc1ccccc1Cl)CC1CC(c2ccc(C)cc2)=NO1. The van der Waals surface area contributed by atoms with Crippen molar-refractivity contribution in [3.8, 4) is 0 Å². The van der Waals surface area contributed by atoms with Crippen LogP contribution in [0.5, 0.6) is 0 Å². The average molecular weight is 387 g/mol. The minimum atomic E-state index is -0.190. The lowest BCUT2D eigenvalue weighted by Crippen LogP contribution is -2.39. The minimum absolute atomic E-state index is 0.0167. The Balaban J connectivity index is 1.67. The first-order valence-electron chi connectivity index (χ1n) is 8.86. The maximum Gasteiger partial charge on any atom is 0.248 e. The lowest BCUT2D eigenvalue weighted by atomic mass is 10.0. The van der Waals surface area contributed by atoms with Crippen molar-refractivity contribution >= 4 is 23.2 Å². The Morgan fingerprint density at radius 2 is 2.00 bits per heavy atom. The van der Waals surface area contributed by atoms with Crippen LogP contribution in [0.25, 0.3) is 0 Å². The van der Waals surface area contributed by atoms with E-state index in [-0.39, 0.29) is 18.6 Å². The van der Waals surface area contributed by atoms with Gasteiger partial charge in [-0.2, -0.15) is 0 Å². The summed E-state index contributed by atoms with van der Waals surface area (Å²) in [6.07, 6.45) is 0.465. The summed E-state index contributed by atoms with van der Waals surface area (Å²) in [6, 6.07) is 15.7. The van der Waals surface area contributed by atoms with Crippen molar-refractivity contribution in [1.82, 2.24) is 4.90 Å². The molecule has 5 nitrogen and oxygen atoms in total. The molecule has 1 atom stereocenters. The molecule has 0 radical (unpaired) electrons. The Labute approximate surface area is 164 Å². The predicted octanol–water partition coefficient (Wildman–Crippen LogP) is 3.82. The summed E-state index contributed by atoms with van der Waals surface area (Å²) in [4.78, 5) is 19.8. The highest BCUT2D eigenvalue weighted by molar-refractivity contribution is 6.31. The lowest BCUT2D eigenvalue weighted by molar-refractivity contribution is -0.137. The second-order valence-electron chi connectivity index (χ2n) is 6.63. The van der Waals surface area contributed by atoms with Crippen molar-refractivity contribution in [3.05, 3.63) is 70.2 Å². The Morgan fingerprint density at radius 3 is 2.70 bits per heavy atom. The smallest absolute Gasteiger partial charge is 0.248 e. The van der Waals surface area contributed by atoms with E-state index in [4.69, 9.17) is 21.2 Å². The maximum atomic E-state index is 12.5. The normalized spacial score (nSPS) is 16.0. The summed E-state index contributed by atoms with van der Waals surface area (Å²) >= 11 is 6.26. The van der Waals surface area contributed by atoms with Crippen LogP contribution in [0.1, 0.15) is 23.1 Å². The van der Waals surface area contributed by atoms with Crippen LogP contribution in [0.4, 0.5) is 0 Å². The number of halogens is 1. The van der Waals surface area contributed by atoms with E-state index in [9.17, 15) is 4.79 Å². The molecule has 0 fully saturated rings. The first-order valence-corrected chi connectivity index (χ1v) is 9.24. The Bertz CT molecular complexity index is 820. The molecule has 0 saturated heterocycles. The molecule has 0 N–H and O–H groups in total. The highest BCUT2D eigenvalue weighted by atomic mass is 35.5. The number of hydrogen-bond acceptors (Lipinski definition) is 4. The van der Waals surface area contributed by atoms with Crippen LogP contribution in [-0.2, 0) is 20.9 Å². The third-order valence-electron chi connectivity index (χ3n) is 4.48. The zero-order chi connectivity index (χ0) is 19.2. The van der Waals surface area contributed by atoms with E-state index >= 15 is 0 Å². The zero-order valence-corrected chi connectivity index (χ0v) is 16.3. The molecule has 2 aromatic rings. The predicted molar refractivity (Wildman–Crippen MR) is 106 cm³/mol. The van der Waals surface area contributed by atoms with E-state index in [2.05, 4.69) is 17.3 Å². The highest BCUT2D eigenvalue weighted by Crippen LogP contribution is 2.21. The summed E-state index contributed by atoms with van der Waals surface area (Å²) < 4.78 is 5.02. The van der Waals surface area contributed by atoms with Crippen LogP contribution in [0.3, 0.4) is 0 Å². The molecular weight excluding hydrogens is 364 g/mol. The Kier molecular flexibility index (Phi) is 6.48. The highest BCUT2D eigenvalue weighted by Gasteiger charge is 2.27. The van der Waals surface area contributed by atoms with Gasteiger partial charge in [0.05, 0.1) is 12.3 Å². The fraction of sp³-hybridized carbons (Fsp3) is 0.333. The van der Waals surface area contributed by atoms with Crippen molar-refractivity contribution in [2.75, 3.05) is 20.3 Å². The van der Waals surface area contributed by atoms with Gasteiger partial charge >= 0.3 is 0 Å². The third kappa shape index (κ3) is 5.08. The van der Waals surface area contributed by atoms with E-state index < -0.39 is 0 Å². The van der Waals surface area contributed by atoms with Gasteiger partial charge in [-0.05, 0) is 24.1 Å².